The molecule has 3 rings (SSSR count). The fourth-order valence-electron chi connectivity index (χ4n) is 2.94. The van der Waals surface area contributed by atoms with E-state index in [0.29, 0.717) is 10.8 Å². The second kappa shape index (κ2) is 10.3. The number of anilines is 2. The molecule has 0 fully saturated rings. The molecule has 1 amide bonds. The van der Waals surface area contributed by atoms with Crippen LogP contribution in [0.15, 0.2) is 58.9 Å². The number of rotatable bonds is 9. The fraction of sp³-hybridized carbons (Fsp3) is 0.286. The quantitative estimate of drug-likeness (QED) is 0.368. The zero-order valence-electron chi connectivity index (χ0n) is 17.5. The van der Waals surface area contributed by atoms with Gasteiger partial charge in [-0.05, 0) is 36.6 Å². The third-order valence-corrected chi connectivity index (χ3v) is 7.81. The van der Waals surface area contributed by atoms with E-state index in [4.69, 9.17) is 0 Å². The Morgan fingerprint density at radius 3 is 2.39 bits per heavy atom. The molecular formula is C21H24N4O3S3. The average Bonchev–Trinajstić information content (AvgIpc) is 3.20. The van der Waals surface area contributed by atoms with Gasteiger partial charge in [-0.15, -0.1) is 10.2 Å². The lowest BCUT2D eigenvalue weighted by Crippen LogP contribution is -2.45. The van der Waals surface area contributed by atoms with E-state index in [1.165, 1.54) is 28.7 Å². The molecular weight excluding hydrogens is 452 g/mol. The Morgan fingerprint density at radius 2 is 1.77 bits per heavy atom. The van der Waals surface area contributed by atoms with Gasteiger partial charge in [-0.3, -0.25) is 14.4 Å². The fourth-order valence-corrected chi connectivity index (χ4v) is 5.82. The van der Waals surface area contributed by atoms with E-state index in [1.54, 1.807) is 19.1 Å². The number of aromatic nitrogens is 2. The summed E-state index contributed by atoms with van der Waals surface area (Å²) in [6.07, 6.45) is 1.94. The Bertz CT molecular complexity index is 1120. The Labute approximate surface area is 191 Å². The van der Waals surface area contributed by atoms with Crippen LogP contribution in [0.5, 0.6) is 0 Å². The molecule has 1 aromatic heterocycles. The second-order valence-corrected chi connectivity index (χ2v) is 11.0. The topological polar surface area (TPSA) is 92.3 Å². The first-order valence-corrected chi connectivity index (χ1v) is 13.3. The van der Waals surface area contributed by atoms with Crippen molar-refractivity contribution in [3.05, 3.63) is 65.7 Å². The first kappa shape index (κ1) is 23.2. The van der Waals surface area contributed by atoms with Crippen LogP contribution in [-0.4, -0.2) is 36.8 Å². The van der Waals surface area contributed by atoms with Crippen molar-refractivity contribution in [2.75, 3.05) is 15.9 Å². The van der Waals surface area contributed by atoms with Crippen molar-refractivity contribution in [3.63, 3.8) is 0 Å². The molecule has 0 saturated carbocycles. The van der Waals surface area contributed by atoms with Crippen molar-refractivity contribution in [2.24, 2.45) is 0 Å². The summed E-state index contributed by atoms with van der Waals surface area (Å²) in [7, 11) is -3.67. The largest absolute Gasteiger partial charge is 0.299 e. The van der Waals surface area contributed by atoms with Crippen molar-refractivity contribution in [1.29, 1.82) is 0 Å². The monoisotopic (exact) mass is 476 g/mol. The minimum absolute atomic E-state index is 0.335. The Balaban J connectivity index is 1.68. The molecule has 2 aromatic carbocycles. The zero-order valence-corrected chi connectivity index (χ0v) is 19.9. The molecule has 0 radical (unpaired) electrons. The van der Waals surface area contributed by atoms with Gasteiger partial charge in [0.25, 0.3) is 0 Å². The molecule has 3 aromatic rings. The standard InChI is InChI=1S/C21H24N4O3S3/c1-4-16-10-12-18(13-11-16)25(31(3,27)28)15(2)19(26)22-20-23-24-21(30-20)29-14-17-8-6-5-7-9-17/h5-13,15H,4,14H2,1-3H3,(H,22,23,26). The van der Waals surface area contributed by atoms with E-state index in [0.717, 1.165) is 32.6 Å². The van der Waals surface area contributed by atoms with Crippen LogP contribution in [0.25, 0.3) is 0 Å². The summed E-state index contributed by atoms with van der Waals surface area (Å²) >= 11 is 2.79. The number of thioether (sulfide) groups is 1. The molecule has 1 unspecified atom stereocenters. The van der Waals surface area contributed by atoms with E-state index in [1.807, 2.05) is 49.4 Å². The number of aryl methyl sites for hydroxylation is 1. The number of sulfonamides is 1. The molecule has 7 nitrogen and oxygen atoms in total. The molecule has 1 atom stereocenters. The highest BCUT2D eigenvalue weighted by Crippen LogP contribution is 2.29. The lowest BCUT2D eigenvalue weighted by atomic mass is 10.1. The molecule has 0 bridgehead atoms. The van der Waals surface area contributed by atoms with Gasteiger partial charge in [-0.1, -0.05) is 72.5 Å². The van der Waals surface area contributed by atoms with Gasteiger partial charge in [0.05, 0.1) is 11.9 Å². The SMILES string of the molecule is CCc1ccc(N(C(C)C(=O)Nc2nnc(SCc3ccccc3)s2)S(C)(=O)=O)cc1. The molecule has 0 spiro atoms. The van der Waals surface area contributed by atoms with Crippen LogP contribution < -0.4 is 9.62 Å². The third-order valence-electron chi connectivity index (χ3n) is 4.53. The van der Waals surface area contributed by atoms with Crippen molar-refractivity contribution in [3.8, 4) is 0 Å². The van der Waals surface area contributed by atoms with E-state index in [2.05, 4.69) is 15.5 Å². The number of carbonyl (C=O) groups excluding carboxylic acids is 1. The highest BCUT2D eigenvalue weighted by atomic mass is 32.2. The van der Waals surface area contributed by atoms with Gasteiger partial charge in [0.1, 0.15) is 6.04 Å². The molecule has 0 aliphatic rings. The van der Waals surface area contributed by atoms with Crippen molar-refractivity contribution in [1.82, 2.24) is 10.2 Å². The molecule has 0 aliphatic carbocycles. The minimum Gasteiger partial charge on any atom is -0.299 e. The van der Waals surface area contributed by atoms with Gasteiger partial charge in [-0.25, -0.2) is 8.42 Å². The predicted octanol–water partition coefficient (Wildman–Crippen LogP) is 4.19. The van der Waals surface area contributed by atoms with Gasteiger partial charge in [0.15, 0.2) is 4.34 Å². The van der Waals surface area contributed by atoms with Crippen molar-refractivity contribution >= 4 is 49.8 Å². The summed E-state index contributed by atoms with van der Waals surface area (Å²) in [6, 6.07) is 16.2. The first-order valence-electron chi connectivity index (χ1n) is 9.67. The maximum Gasteiger partial charge on any atom is 0.249 e. The molecule has 1 heterocycles. The first-order chi connectivity index (χ1) is 14.8. The predicted molar refractivity (Wildman–Crippen MR) is 127 cm³/mol. The molecule has 164 valence electrons. The maximum absolute atomic E-state index is 12.8. The average molecular weight is 477 g/mol. The number of hydrogen-bond acceptors (Lipinski definition) is 7. The van der Waals surface area contributed by atoms with E-state index in [-0.39, 0.29) is 0 Å². The summed E-state index contributed by atoms with van der Waals surface area (Å²) in [4.78, 5) is 12.8. The number of nitrogens with one attached hydrogen (secondary N) is 1. The lowest BCUT2D eigenvalue weighted by molar-refractivity contribution is -0.116. The maximum atomic E-state index is 12.8. The van der Waals surface area contributed by atoms with Gasteiger partial charge in [-0.2, -0.15) is 0 Å². The molecule has 0 aliphatic heterocycles. The normalized spacial score (nSPS) is 12.4. The van der Waals surface area contributed by atoms with Crippen LogP contribution in [0.3, 0.4) is 0 Å². The summed E-state index contributed by atoms with van der Waals surface area (Å²) in [5.74, 6) is 0.274. The summed E-state index contributed by atoms with van der Waals surface area (Å²) in [5.41, 5.74) is 2.70. The number of nitrogens with zero attached hydrogens (tertiary/aromatic N) is 3. The smallest absolute Gasteiger partial charge is 0.249 e. The molecule has 1 N–H and O–H groups in total. The van der Waals surface area contributed by atoms with Crippen LogP contribution in [-0.2, 0) is 27.0 Å². The summed E-state index contributed by atoms with van der Waals surface area (Å²) < 4.78 is 26.7. The Kier molecular flexibility index (Phi) is 7.69. The molecule has 10 heteroatoms. The highest BCUT2D eigenvalue weighted by molar-refractivity contribution is 8.00. The number of hydrogen-bond donors (Lipinski definition) is 1. The van der Waals surface area contributed by atoms with Crippen molar-refractivity contribution < 1.29 is 13.2 Å². The second-order valence-electron chi connectivity index (χ2n) is 6.89. The van der Waals surface area contributed by atoms with Crippen LogP contribution in [0.4, 0.5) is 10.8 Å². The number of amides is 1. The molecule has 31 heavy (non-hydrogen) atoms. The number of benzene rings is 2. The molecule has 0 saturated heterocycles. The summed E-state index contributed by atoms with van der Waals surface area (Å²) in [6.45, 7) is 3.57. The summed E-state index contributed by atoms with van der Waals surface area (Å²) in [5, 5.41) is 11.1. The van der Waals surface area contributed by atoms with E-state index >= 15 is 0 Å². The lowest BCUT2D eigenvalue weighted by Gasteiger charge is -2.28. The van der Waals surface area contributed by atoms with E-state index < -0.39 is 22.0 Å². The third kappa shape index (κ3) is 6.28. The van der Waals surface area contributed by atoms with Crippen molar-refractivity contribution in [2.45, 2.75) is 36.4 Å². The van der Waals surface area contributed by atoms with E-state index in [9.17, 15) is 13.2 Å². The van der Waals surface area contributed by atoms with Gasteiger partial charge in [0, 0.05) is 5.75 Å². The van der Waals surface area contributed by atoms with Crippen LogP contribution in [0, 0.1) is 0 Å². The van der Waals surface area contributed by atoms with Crippen LogP contribution in [0.2, 0.25) is 0 Å². The zero-order chi connectivity index (χ0) is 22.4. The highest BCUT2D eigenvalue weighted by Gasteiger charge is 2.29. The van der Waals surface area contributed by atoms with Gasteiger partial charge >= 0.3 is 0 Å². The minimum atomic E-state index is -3.67. The number of carbonyl (C=O) groups is 1. The Hall–Kier alpha value is -2.43. The van der Waals surface area contributed by atoms with Crippen LogP contribution in [0.1, 0.15) is 25.0 Å². The Morgan fingerprint density at radius 1 is 1.10 bits per heavy atom. The van der Waals surface area contributed by atoms with Crippen LogP contribution >= 0.6 is 23.1 Å². The van der Waals surface area contributed by atoms with Gasteiger partial charge in [0.2, 0.25) is 21.1 Å². The van der Waals surface area contributed by atoms with Gasteiger partial charge < -0.3 is 0 Å².